The summed E-state index contributed by atoms with van der Waals surface area (Å²) in [4.78, 5) is 59.3. The van der Waals surface area contributed by atoms with Crippen LogP contribution in [0.1, 0.15) is 58.8 Å². The van der Waals surface area contributed by atoms with Crippen LogP contribution in [0.4, 0.5) is 9.59 Å². The third-order valence-corrected chi connectivity index (χ3v) is 10.9. The summed E-state index contributed by atoms with van der Waals surface area (Å²) < 4.78 is 47.7. The molecule has 17 heteroatoms. The van der Waals surface area contributed by atoms with Gasteiger partial charge in [0.15, 0.2) is 0 Å². The highest BCUT2D eigenvalue weighted by Crippen LogP contribution is 2.37. The van der Waals surface area contributed by atoms with E-state index in [1.165, 1.54) is 0 Å². The molecule has 5 aliphatic rings. The van der Waals surface area contributed by atoms with Gasteiger partial charge in [0.2, 0.25) is 0 Å². The molecule has 0 aromatic carbocycles. The Morgan fingerprint density at radius 1 is 0.780 bits per heavy atom. The highest BCUT2D eigenvalue weighted by atomic mass is 32.2. The maximum Gasteiger partial charge on any atom is 0.410 e. The van der Waals surface area contributed by atoms with E-state index in [2.05, 4.69) is 33.0 Å². The highest BCUT2D eigenvalue weighted by molar-refractivity contribution is 7.85. The molecule has 5 saturated heterocycles. The first-order valence-electron chi connectivity index (χ1n) is 17.9. The molecule has 0 saturated carbocycles. The fourth-order valence-corrected chi connectivity index (χ4v) is 7.75. The van der Waals surface area contributed by atoms with Gasteiger partial charge in [-0.15, -0.1) is 0 Å². The number of carbonyl (C=O) groups is 4. The highest BCUT2D eigenvalue weighted by Gasteiger charge is 2.46. The normalized spacial score (nSPS) is 25.9. The van der Waals surface area contributed by atoms with Gasteiger partial charge < -0.3 is 38.5 Å². The number of amides is 2. The average Bonchev–Trinajstić information content (AvgIpc) is 3.63. The van der Waals surface area contributed by atoms with Crippen molar-refractivity contribution in [2.75, 3.05) is 99.1 Å². The summed E-state index contributed by atoms with van der Waals surface area (Å²) in [5, 5.41) is 0. The lowest BCUT2D eigenvalue weighted by molar-refractivity contribution is -0.165. The van der Waals surface area contributed by atoms with Crippen molar-refractivity contribution < 1.29 is 50.7 Å². The van der Waals surface area contributed by atoms with Crippen LogP contribution in [0.15, 0.2) is 0 Å². The molecular weight excluding hydrogens is 674 g/mol. The molecule has 2 amide bonds. The molecule has 286 valence electrons. The zero-order valence-corrected chi connectivity index (χ0v) is 31.2. The van der Waals surface area contributed by atoms with Crippen molar-refractivity contribution >= 4 is 34.2 Å². The van der Waals surface area contributed by atoms with Crippen molar-refractivity contribution in [2.24, 2.45) is 5.41 Å². The van der Waals surface area contributed by atoms with Crippen LogP contribution < -0.4 is 0 Å². The molecule has 16 nitrogen and oxygen atoms in total. The van der Waals surface area contributed by atoms with Crippen molar-refractivity contribution in [1.82, 2.24) is 24.5 Å². The predicted octanol–water partition coefficient (Wildman–Crippen LogP) is 1.38. The largest absolute Gasteiger partial charge is 0.466 e. The molecule has 5 fully saturated rings. The predicted molar refractivity (Wildman–Crippen MR) is 182 cm³/mol. The third-order valence-electron chi connectivity index (χ3n) is 10.3. The quantitative estimate of drug-likeness (QED) is 0.161. The molecule has 0 aromatic heterocycles. The van der Waals surface area contributed by atoms with E-state index in [1.807, 2.05) is 4.90 Å². The summed E-state index contributed by atoms with van der Waals surface area (Å²) in [7, 11) is 0.669. The first-order chi connectivity index (χ1) is 23.7. The van der Waals surface area contributed by atoms with E-state index in [0.29, 0.717) is 52.2 Å². The van der Waals surface area contributed by atoms with Crippen LogP contribution in [0.5, 0.6) is 0 Å². The summed E-state index contributed by atoms with van der Waals surface area (Å²) in [5.74, 6) is -0.675. The topological polar surface area (TPSA) is 165 Å². The van der Waals surface area contributed by atoms with Gasteiger partial charge in [-0.05, 0) is 106 Å². The van der Waals surface area contributed by atoms with Gasteiger partial charge in [0, 0.05) is 18.6 Å². The maximum absolute atomic E-state index is 12.7. The summed E-state index contributed by atoms with van der Waals surface area (Å²) in [5.41, 5.74) is -0.828. The molecule has 0 spiro atoms. The second-order valence-corrected chi connectivity index (χ2v) is 15.8. The minimum Gasteiger partial charge on any atom is -0.466 e. The number of piperidine rings is 3. The van der Waals surface area contributed by atoms with Crippen molar-refractivity contribution in [1.29, 1.82) is 0 Å². The number of cyclic esters (lactones) is 2. The smallest absolute Gasteiger partial charge is 0.410 e. The van der Waals surface area contributed by atoms with Crippen LogP contribution in [0.3, 0.4) is 0 Å². The van der Waals surface area contributed by atoms with Crippen molar-refractivity contribution in [3.05, 3.63) is 0 Å². The van der Waals surface area contributed by atoms with Crippen molar-refractivity contribution in [2.45, 2.75) is 83.1 Å². The van der Waals surface area contributed by atoms with E-state index in [-0.39, 0.29) is 61.9 Å². The Bertz CT molecular complexity index is 1260. The number of hydrogen-bond acceptors (Lipinski definition) is 14. The first kappa shape index (κ1) is 40.0. The number of rotatable bonds is 12. The summed E-state index contributed by atoms with van der Waals surface area (Å²) in [6.07, 6.45) is 4.68. The lowest BCUT2D eigenvalue weighted by Crippen LogP contribution is -2.49. The Kier molecular flexibility index (Phi) is 14.5. The second kappa shape index (κ2) is 18.2. The van der Waals surface area contributed by atoms with Gasteiger partial charge in [0.05, 0.1) is 44.4 Å². The Labute approximate surface area is 296 Å². The van der Waals surface area contributed by atoms with Gasteiger partial charge in [-0.25, -0.2) is 9.59 Å². The fourth-order valence-electron chi connectivity index (χ4n) is 7.35. The van der Waals surface area contributed by atoms with Gasteiger partial charge in [0.25, 0.3) is 10.1 Å². The van der Waals surface area contributed by atoms with E-state index < -0.39 is 21.6 Å². The number of nitrogens with zero attached hydrogens (tertiary/aromatic N) is 5. The molecule has 0 aromatic rings. The van der Waals surface area contributed by atoms with Crippen molar-refractivity contribution in [3.8, 4) is 0 Å². The number of hydrogen-bond donors (Lipinski definition) is 0. The first-order valence-corrected chi connectivity index (χ1v) is 19.7. The number of esters is 2. The summed E-state index contributed by atoms with van der Waals surface area (Å²) in [6.45, 7) is 10.9. The molecule has 0 radical (unpaired) electrons. The lowest BCUT2D eigenvalue weighted by Gasteiger charge is -2.39. The van der Waals surface area contributed by atoms with Gasteiger partial charge >= 0.3 is 24.1 Å². The van der Waals surface area contributed by atoms with Gasteiger partial charge in [-0.3, -0.25) is 18.7 Å². The van der Waals surface area contributed by atoms with Crippen LogP contribution >= 0.6 is 0 Å². The second-order valence-electron chi connectivity index (χ2n) is 14.2. The zero-order chi connectivity index (χ0) is 36.5. The minimum absolute atomic E-state index is 0.0514. The van der Waals surface area contributed by atoms with Crippen LogP contribution in [0.25, 0.3) is 0 Å². The van der Waals surface area contributed by atoms with Crippen LogP contribution in [-0.2, 0) is 42.8 Å². The standard InChI is InChI=1S/C22H37N3O6.C11H20N2O5S/c1-4-29-19(26)14-22(20(27)30-5-2)8-12-24(13-9-22)15-18-16-25(21(28)31-18)17-6-10-23(3)11-7-17;1-12-5-3-9(4-6-12)13-7-10(18-11(13)14)8-17-19(2,15)16/h17-18H,4-16H2,1-3H3;9-10H,3-8H2,1-2H3. The van der Waals surface area contributed by atoms with E-state index in [1.54, 1.807) is 18.7 Å². The minimum atomic E-state index is -3.50. The van der Waals surface area contributed by atoms with E-state index >= 15 is 0 Å². The Morgan fingerprint density at radius 2 is 1.26 bits per heavy atom. The van der Waals surface area contributed by atoms with E-state index in [4.69, 9.17) is 18.9 Å². The fraction of sp³-hybridized carbons (Fsp3) is 0.879. The van der Waals surface area contributed by atoms with Crippen molar-refractivity contribution in [3.63, 3.8) is 0 Å². The third kappa shape index (κ3) is 11.4. The Morgan fingerprint density at radius 3 is 1.74 bits per heavy atom. The molecule has 5 rings (SSSR count). The molecular formula is C33H57N5O11S. The molecule has 5 heterocycles. The Hall–Kier alpha value is -2.73. The molecule has 2 unspecified atom stereocenters. The summed E-state index contributed by atoms with van der Waals surface area (Å²) in [6, 6.07) is 0.447. The molecule has 0 aliphatic carbocycles. The lowest BCUT2D eigenvalue weighted by atomic mass is 9.75. The molecule has 50 heavy (non-hydrogen) atoms. The summed E-state index contributed by atoms with van der Waals surface area (Å²) >= 11 is 0. The van der Waals surface area contributed by atoms with Crippen LogP contribution in [0.2, 0.25) is 0 Å². The molecule has 0 bridgehead atoms. The molecule has 2 atom stereocenters. The van der Waals surface area contributed by atoms with E-state index in [0.717, 1.165) is 58.1 Å². The van der Waals surface area contributed by atoms with Gasteiger partial charge in [0.1, 0.15) is 18.8 Å². The molecule has 5 aliphatic heterocycles. The SMILES string of the molecule is CCOC(=O)CC1(C(=O)OCC)CCN(CC2CN(C3CCN(C)CC3)C(=O)O2)CC1.CN1CCC(N2CC(COS(C)(=O)=O)OC2=O)CC1. The van der Waals surface area contributed by atoms with Crippen LogP contribution in [-0.4, -0.2) is 180 Å². The number of ether oxygens (including phenoxy) is 4. The monoisotopic (exact) mass is 731 g/mol. The maximum atomic E-state index is 12.7. The number of carbonyl (C=O) groups excluding carboxylic acids is 4. The van der Waals surface area contributed by atoms with Gasteiger partial charge in [-0.1, -0.05) is 0 Å². The molecule has 0 N–H and O–H groups in total. The number of likely N-dealkylation sites (tertiary alicyclic amines) is 3. The van der Waals surface area contributed by atoms with E-state index in [9.17, 15) is 27.6 Å². The zero-order valence-electron chi connectivity index (χ0n) is 30.4. The van der Waals surface area contributed by atoms with Crippen LogP contribution in [0, 0.1) is 5.41 Å². The Balaban J connectivity index is 0.000000252. The average molecular weight is 732 g/mol. The van der Waals surface area contributed by atoms with Gasteiger partial charge in [-0.2, -0.15) is 8.42 Å².